The van der Waals surface area contributed by atoms with Crippen LogP contribution in [-0.4, -0.2) is 45.3 Å². The van der Waals surface area contributed by atoms with E-state index in [2.05, 4.69) is 10.4 Å². The van der Waals surface area contributed by atoms with Crippen LogP contribution in [0.15, 0.2) is 0 Å². The average molecular weight is 315 g/mol. The standard InChI is InChI=1S/C11H17N5O6/c1-3-22-6-4-5-12-9(17)7-14-8(2)10(15(18)19)11(13-14)16(20)21/h3-7H2,1-2H3,(H,12,17). The van der Waals surface area contributed by atoms with Crippen LogP contribution in [0.1, 0.15) is 19.0 Å². The highest BCUT2D eigenvalue weighted by molar-refractivity contribution is 5.76. The molecule has 0 aliphatic rings. The predicted molar refractivity (Wildman–Crippen MR) is 74.4 cm³/mol. The molecule has 0 spiro atoms. The van der Waals surface area contributed by atoms with Crippen LogP contribution >= 0.6 is 0 Å². The van der Waals surface area contributed by atoms with Crippen molar-refractivity contribution in [2.75, 3.05) is 19.8 Å². The fourth-order valence-electron chi connectivity index (χ4n) is 1.75. The molecule has 1 amide bonds. The first-order valence-corrected chi connectivity index (χ1v) is 6.59. The average Bonchev–Trinajstić information content (AvgIpc) is 2.76. The van der Waals surface area contributed by atoms with Gasteiger partial charge in [-0.2, -0.15) is 4.68 Å². The van der Waals surface area contributed by atoms with Gasteiger partial charge in [0.15, 0.2) is 0 Å². The number of carbonyl (C=O) groups is 1. The van der Waals surface area contributed by atoms with Gasteiger partial charge in [0.1, 0.15) is 12.2 Å². The molecule has 0 aromatic carbocycles. The summed E-state index contributed by atoms with van der Waals surface area (Å²) in [6, 6.07) is 0. The van der Waals surface area contributed by atoms with E-state index < -0.39 is 27.3 Å². The van der Waals surface area contributed by atoms with Crippen LogP contribution in [0.25, 0.3) is 0 Å². The SMILES string of the molecule is CCOCCCNC(=O)Cn1nc([N+](=O)[O-])c([N+](=O)[O-])c1C. The molecule has 1 heterocycles. The summed E-state index contributed by atoms with van der Waals surface area (Å²) >= 11 is 0. The fraction of sp³-hybridized carbons (Fsp3) is 0.636. The minimum absolute atomic E-state index is 0.0406. The summed E-state index contributed by atoms with van der Waals surface area (Å²) in [6.07, 6.45) is 0.623. The van der Waals surface area contributed by atoms with Crippen LogP contribution in [0.3, 0.4) is 0 Å². The summed E-state index contributed by atoms with van der Waals surface area (Å²) < 4.78 is 6.06. The Morgan fingerprint density at radius 1 is 1.36 bits per heavy atom. The van der Waals surface area contributed by atoms with Gasteiger partial charge in [-0.1, -0.05) is 0 Å². The number of ether oxygens (including phenoxy) is 1. The van der Waals surface area contributed by atoms with Crippen molar-refractivity contribution in [1.29, 1.82) is 0 Å². The molecule has 0 atom stereocenters. The lowest BCUT2D eigenvalue weighted by Crippen LogP contribution is -2.29. The van der Waals surface area contributed by atoms with Gasteiger partial charge in [0.25, 0.3) is 0 Å². The smallest absolute Gasteiger partial charge is 0.382 e. The van der Waals surface area contributed by atoms with Crippen LogP contribution in [-0.2, 0) is 16.1 Å². The minimum Gasteiger partial charge on any atom is -0.382 e. The molecule has 0 aliphatic heterocycles. The second-order valence-corrected chi connectivity index (χ2v) is 4.33. The van der Waals surface area contributed by atoms with Crippen molar-refractivity contribution in [1.82, 2.24) is 15.1 Å². The van der Waals surface area contributed by atoms with E-state index in [-0.39, 0.29) is 12.2 Å². The van der Waals surface area contributed by atoms with E-state index in [0.717, 1.165) is 4.68 Å². The van der Waals surface area contributed by atoms with E-state index in [4.69, 9.17) is 4.74 Å². The lowest BCUT2D eigenvalue weighted by Gasteiger charge is -2.04. The molecule has 11 heteroatoms. The molecule has 0 unspecified atom stereocenters. The van der Waals surface area contributed by atoms with Crippen LogP contribution in [0.4, 0.5) is 11.5 Å². The molecular formula is C11H17N5O6. The van der Waals surface area contributed by atoms with Gasteiger partial charge in [-0.3, -0.25) is 14.9 Å². The summed E-state index contributed by atoms with van der Waals surface area (Å²) in [7, 11) is 0. The van der Waals surface area contributed by atoms with Gasteiger partial charge in [0, 0.05) is 19.8 Å². The van der Waals surface area contributed by atoms with Crippen molar-refractivity contribution in [3.8, 4) is 0 Å². The van der Waals surface area contributed by atoms with Crippen molar-refractivity contribution in [2.24, 2.45) is 0 Å². The highest BCUT2D eigenvalue weighted by Gasteiger charge is 2.35. The van der Waals surface area contributed by atoms with Crippen molar-refractivity contribution >= 4 is 17.4 Å². The van der Waals surface area contributed by atoms with Crippen LogP contribution in [0.5, 0.6) is 0 Å². The number of hydrogen-bond acceptors (Lipinski definition) is 7. The van der Waals surface area contributed by atoms with Gasteiger partial charge in [-0.05, 0) is 25.2 Å². The number of amides is 1. The van der Waals surface area contributed by atoms with E-state index in [1.807, 2.05) is 6.92 Å². The topological polar surface area (TPSA) is 142 Å². The third kappa shape index (κ3) is 4.48. The van der Waals surface area contributed by atoms with Gasteiger partial charge < -0.3 is 20.2 Å². The largest absolute Gasteiger partial charge is 0.468 e. The number of nitrogens with one attached hydrogen (secondary N) is 1. The Labute approximate surface area is 125 Å². The molecule has 0 radical (unpaired) electrons. The highest BCUT2D eigenvalue weighted by atomic mass is 16.6. The van der Waals surface area contributed by atoms with Crippen LogP contribution in [0, 0.1) is 27.2 Å². The van der Waals surface area contributed by atoms with Crippen molar-refractivity contribution in [2.45, 2.75) is 26.8 Å². The van der Waals surface area contributed by atoms with Crippen LogP contribution in [0.2, 0.25) is 0 Å². The van der Waals surface area contributed by atoms with Gasteiger partial charge >= 0.3 is 11.5 Å². The summed E-state index contributed by atoms with van der Waals surface area (Å²) in [5, 5.41) is 27.7. The van der Waals surface area contributed by atoms with Crippen molar-refractivity contribution in [3.63, 3.8) is 0 Å². The molecule has 1 N–H and O–H groups in total. The Bertz CT molecular complexity index is 570. The van der Waals surface area contributed by atoms with Gasteiger partial charge in [-0.15, -0.1) is 0 Å². The Morgan fingerprint density at radius 3 is 2.55 bits per heavy atom. The molecular weight excluding hydrogens is 298 g/mol. The molecule has 122 valence electrons. The first-order chi connectivity index (χ1) is 10.4. The molecule has 0 aliphatic carbocycles. The van der Waals surface area contributed by atoms with E-state index in [0.29, 0.717) is 26.2 Å². The lowest BCUT2D eigenvalue weighted by molar-refractivity contribution is -0.424. The number of carbonyl (C=O) groups excluding carboxylic acids is 1. The molecule has 0 fully saturated rings. The second-order valence-electron chi connectivity index (χ2n) is 4.33. The maximum absolute atomic E-state index is 11.7. The first kappa shape index (κ1) is 17.5. The second kappa shape index (κ2) is 8.02. The molecule has 11 nitrogen and oxygen atoms in total. The Hall–Kier alpha value is -2.56. The Kier molecular flexibility index (Phi) is 6.38. The van der Waals surface area contributed by atoms with Gasteiger partial charge in [0.2, 0.25) is 5.91 Å². The zero-order chi connectivity index (χ0) is 16.7. The molecule has 1 aromatic rings. The molecule has 22 heavy (non-hydrogen) atoms. The monoisotopic (exact) mass is 315 g/mol. The highest BCUT2D eigenvalue weighted by Crippen LogP contribution is 2.28. The van der Waals surface area contributed by atoms with Gasteiger partial charge in [0.05, 0.1) is 10.0 Å². The summed E-state index contributed by atoms with van der Waals surface area (Å²) in [5.74, 6) is -1.31. The summed E-state index contributed by atoms with van der Waals surface area (Å²) in [6.45, 7) is 4.32. The zero-order valence-electron chi connectivity index (χ0n) is 12.3. The number of hydrogen-bond donors (Lipinski definition) is 1. The lowest BCUT2D eigenvalue weighted by atomic mass is 10.4. The van der Waals surface area contributed by atoms with E-state index in [1.54, 1.807) is 0 Å². The molecule has 1 aromatic heterocycles. The molecule has 0 saturated heterocycles. The maximum Gasteiger partial charge on any atom is 0.468 e. The predicted octanol–water partition coefficient (Wildman–Crippen LogP) is 0.551. The van der Waals surface area contributed by atoms with Crippen molar-refractivity contribution in [3.05, 3.63) is 25.9 Å². The quantitative estimate of drug-likeness (QED) is 0.398. The first-order valence-electron chi connectivity index (χ1n) is 6.59. The molecule has 0 saturated carbocycles. The number of nitrogens with zero attached hydrogens (tertiary/aromatic N) is 4. The minimum atomic E-state index is -0.943. The number of aromatic nitrogens is 2. The molecule has 0 bridgehead atoms. The van der Waals surface area contributed by atoms with E-state index in [9.17, 15) is 25.0 Å². The number of rotatable bonds is 9. The third-order valence-electron chi connectivity index (χ3n) is 2.80. The van der Waals surface area contributed by atoms with Crippen molar-refractivity contribution < 1.29 is 19.4 Å². The normalized spacial score (nSPS) is 10.5. The van der Waals surface area contributed by atoms with E-state index >= 15 is 0 Å². The Morgan fingerprint density at radius 2 is 2.05 bits per heavy atom. The summed E-state index contributed by atoms with van der Waals surface area (Å²) in [5.41, 5.74) is -0.740. The maximum atomic E-state index is 11.7. The zero-order valence-corrected chi connectivity index (χ0v) is 12.3. The number of nitro groups is 2. The Balaban J connectivity index is 2.69. The molecule has 1 rings (SSSR count). The third-order valence-corrected chi connectivity index (χ3v) is 2.80. The summed E-state index contributed by atoms with van der Waals surface area (Å²) in [4.78, 5) is 31.5. The van der Waals surface area contributed by atoms with E-state index in [1.165, 1.54) is 6.92 Å². The van der Waals surface area contributed by atoms with Crippen LogP contribution < -0.4 is 5.32 Å². The van der Waals surface area contributed by atoms with Gasteiger partial charge in [-0.25, -0.2) is 0 Å². The fourth-order valence-corrected chi connectivity index (χ4v) is 1.75.